The third-order valence-electron chi connectivity index (χ3n) is 1.95. The molecule has 0 heterocycles. The van der Waals surface area contributed by atoms with Crippen molar-refractivity contribution < 1.29 is 4.79 Å². The lowest BCUT2D eigenvalue weighted by atomic mass is 10.1. The van der Waals surface area contributed by atoms with Crippen LogP contribution in [-0.4, -0.2) is 9.71 Å². The summed E-state index contributed by atoms with van der Waals surface area (Å²) in [6, 6.07) is 10.1. The molecular formula is C11H13IO. The van der Waals surface area contributed by atoms with Crippen molar-refractivity contribution in [1.29, 1.82) is 0 Å². The van der Waals surface area contributed by atoms with Crippen molar-refractivity contribution in [2.45, 2.75) is 23.7 Å². The molecule has 1 atom stereocenters. The van der Waals surface area contributed by atoms with Gasteiger partial charge in [0.05, 0.1) is 3.92 Å². The molecule has 70 valence electrons. The van der Waals surface area contributed by atoms with E-state index in [4.69, 9.17) is 0 Å². The van der Waals surface area contributed by atoms with Gasteiger partial charge in [-0.25, -0.2) is 0 Å². The lowest BCUT2D eigenvalue weighted by molar-refractivity contribution is -0.117. The summed E-state index contributed by atoms with van der Waals surface area (Å²) in [6.45, 7) is 1.94. The van der Waals surface area contributed by atoms with E-state index in [1.165, 1.54) is 5.56 Å². The Morgan fingerprint density at radius 3 is 2.54 bits per heavy atom. The largest absolute Gasteiger partial charge is 0.299 e. The number of aryl methyl sites for hydroxylation is 1. The molecule has 0 amide bonds. The highest BCUT2D eigenvalue weighted by Crippen LogP contribution is 2.08. The number of carbonyl (C=O) groups excluding carboxylic acids is 1. The van der Waals surface area contributed by atoms with Crippen LogP contribution in [0.25, 0.3) is 0 Å². The van der Waals surface area contributed by atoms with Gasteiger partial charge in [0, 0.05) is 6.42 Å². The molecule has 0 bridgehead atoms. The Hall–Kier alpha value is -0.380. The molecule has 1 aromatic carbocycles. The van der Waals surface area contributed by atoms with Crippen molar-refractivity contribution in [3.8, 4) is 0 Å². The van der Waals surface area contributed by atoms with Crippen LogP contribution < -0.4 is 0 Å². The molecule has 1 nitrogen and oxygen atoms in total. The van der Waals surface area contributed by atoms with Gasteiger partial charge >= 0.3 is 0 Å². The molecule has 1 aromatic rings. The first-order valence-electron chi connectivity index (χ1n) is 4.41. The van der Waals surface area contributed by atoms with Crippen molar-refractivity contribution in [1.82, 2.24) is 0 Å². The fourth-order valence-corrected chi connectivity index (χ4v) is 1.42. The summed E-state index contributed by atoms with van der Waals surface area (Å²) in [6.07, 6.45) is 1.53. The molecule has 0 N–H and O–H groups in total. The van der Waals surface area contributed by atoms with Crippen molar-refractivity contribution in [3.05, 3.63) is 35.9 Å². The number of alkyl halides is 1. The molecule has 13 heavy (non-hydrogen) atoms. The molecule has 2 heteroatoms. The Balaban J connectivity index is 2.40. The number of Topliss-reactive ketones (excluding diaryl/α,β-unsaturated/α-hetero) is 1. The number of benzene rings is 1. The van der Waals surface area contributed by atoms with Crippen molar-refractivity contribution in [3.63, 3.8) is 0 Å². The first-order chi connectivity index (χ1) is 6.20. The Labute approximate surface area is 92.7 Å². The highest BCUT2D eigenvalue weighted by Gasteiger charge is 2.07. The monoisotopic (exact) mass is 288 g/mol. The number of halogens is 1. The van der Waals surface area contributed by atoms with Crippen LogP contribution in [-0.2, 0) is 11.2 Å². The SMILES string of the molecule is CC(I)C(=O)CCc1ccccc1. The first-order valence-corrected chi connectivity index (χ1v) is 5.65. The number of rotatable bonds is 4. The van der Waals surface area contributed by atoms with Crippen LogP contribution in [0.5, 0.6) is 0 Å². The second kappa shape index (κ2) is 5.37. The Morgan fingerprint density at radius 2 is 2.00 bits per heavy atom. The highest BCUT2D eigenvalue weighted by molar-refractivity contribution is 14.1. The minimum absolute atomic E-state index is 0.140. The normalized spacial score (nSPS) is 12.5. The molecule has 0 aromatic heterocycles. The van der Waals surface area contributed by atoms with Crippen molar-refractivity contribution in [2.24, 2.45) is 0 Å². The lowest BCUT2D eigenvalue weighted by Crippen LogP contribution is -2.10. The van der Waals surface area contributed by atoms with E-state index < -0.39 is 0 Å². The van der Waals surface area contributed by atoms with Crippen molar-refractivity contribution in [2.75, 3.05) is 0 Å². The van der Waals surface area contributed by atoms with Crippen LogP contribution in [0.4, 0.5) is 0 Å². The van der Waals surface area contributed by atoms with Crippen LogP contribution >= 0.6 is 22.6 Å². The standard InChI is InChI=1S/C11H13IO/c1-9(12)11(13)8-7-10-5-3-2-4-6-10/h2-6,9H,7-8H2,1H3. The van der Waals surface area contributed by atoms with E-state index in [2.05, 4.69) is 34.7 Å². The maximum Gasteiger partial charge on any atom is 0.145 e. The van der Waals surface area contributed by atoms with E-state index in [9.17, 15) is 4.79 Å². The van der Waals surface area contributed by atoms with Crippen LogP contribution in [0.2, 0.25) is 0 Å². The summed E-state index contributed by atoms with van der Waals surface area (Å²) in [5, 5.41) is 0. The number of carbonyl (C=O) groups is 1. The van der Waals surface area contributed by atoms with Gasteiger partial charge in [-0.15, -0.1) is 0 Å². The minimum Gasteiger partial charge on any atom is -0.299 e. The van der Waals surface area contributed by atoms with E-state index in [-0.39, 0.29) is 3.92 Å². The number of ketones is 1. The van der Waals surface area contributed by atoms with Gasteiger partial charge in [-0.3, -0.25) is 4.79 Å². The lowest BCUT2D eigenvalue weighted by Gasteiger charge is -2.02. The van der Waals surface area contributed by atoms with Gasteiger partial charge in [-0.2, -0.15) is 0 Å². The third-order valence-corrected chi connectivity index (χ3v) is 2.64. The molecule has 0 saturated carbocycles. The quantitative estimate of drug-likeness (QED) is 0.615. The van der Waals surface area contributed by atoms with Gasteiger partial charge in [-0.05, 0) is 18.9 Å². The summed E-state index contributed by atoms with van der Waals surface area (Å²) in [5.74, 6) is 0.337. The fourth-order valence-electron chi connectivity index (χ4n) is 1.11. The third kappa shape index (κ3) is 3.89. The van der Waals surface area contributed by atoms with Gasteiger partial charge < -0.3 is 0 Å². The van der Waals surface area contributed by atoms with E-state index in [1.54, 1.807) is 0 Å². The average molecular weight is 288 g/mol. The van der Waals surface area contributed by atoms with Gasteiger partial charge in [0.15, 0.2) is 0 Å². The van der Waals surface area contributed by atoms with Gasteiger partial charge in [0.2, 0.25) is 0 Å². The van der Waals surface area contributed by atoms with Gasteiger partial charge in [0.25, 0.3) is 0 Å². The zero-order valence-electron chi connectivity index (χ0n) is 7.66. The molecule has 0 saturated heterocycles. The summed E-state index contributed by atoms with van der Waals surface area (Å²) in [7, 11) is 0. The topological polar surface area (TPSA) is 17.1 Å². The molecule has 0 radical (unpaired) electrons. The predicted molar refractivity (Wildman–Crippen MR) is 63.3 cm³/mol. The maximum atomic E-state index is 11.3. The van der Waals surface area contributed by atoms with E-state index >= 15 is 0 Å². The Kier molecular flexibility index (Phi) is 4.42. The second-order valence-corrected chi connectivity index (χ2v) is 4.94. The fraction of sp³-hybridized carbons (Fsp3) is 0.364. The summed E-state index contributed by atoms with van der Waals surface area (Å²) in [5.41, 5.74) is 1.24. The van der Waals surface area contributed by atoms with Crippen molar-refractivity contribution >= 4 is 28.4 Å². The average Bonchev–Trinajstić information content (AvgIpc) is 2.15. The maximum absolute atomic E-state index is 11.3. The summed E-state index contributed by atoms with van der Waals surface area (Å²) in [4.78, 5) is 11.3. The van der Waals surface area contributed by atoms with Gasteiger partial charge in [0.1, 0.15) is 5.78 Å². The van der Waals surface area contributed by atoms with Gasteiger partial charge in [-0.1, -0.05) is 52.9 Å². The first kappa shape index (κ1) is 10.7. The molecular weight excluding hydrogens is 275 g/mol. The predicted octanol–water partition coefficient (Wildman–Crippen LogP) is 3.01. The smallest absolute Gasteiger partial charge is 0.145 e. The number of hydrogen-bond donors (Lipinski definition) is 0. The van der Waals surface area contributed by atoms with Crippen LogP contribution in [0.15, 0.2) is 30.3 Å². The minimum atomic E-state index is 0.140. The van der Waals surface area contributed by atoms with E-state index in [1.807, 2.05) is 25.1 Å². The summed E-state index contributed by atoms with van der Waals surface area (Å²) >= 11 is 2.16. The second-order valence-electron chi connectivity index (χ2n) is 3.07. The molecule has 0 aliphatic rings. The molecule has 1 unspecified atom stereocenters. The van der Waals surface area contributed by atoms with Crippen LogP contribution in [0.1, 0.15) is 18.9 Å². The zero-order chi connectivity index (χ0) is 9.68. The van der Waals surface area contributed by atoms with Crippen LogP contribution in [0.3, 0.4) is 0 Å². The molecule has 1 rings (SSSR count). The zero-order valence-corrected chi connectivity index (χ0v) is 9.82. The number of hydrogen-bond acceptors (Lipinski definition) is 1. The highest BCUT2D eigenvalue weighted by atomic mass is 127. The molecule has 0 fully saturated rings. The molecule has 0 aliphatic heterocycles. The molecule has 0 aliphatic carbocycles. The summed E-state index contributed by atoms with van der Waals surface area (Å²) < 4.78 is 0.140. The Bertz CT molecular complexity index is 267. The van der Waals surface area contributed by atoms with E-state index in [0.717, 1.165) is 6.42 Å². The van der Waals surface area contributed by atoms with Crippen LogP contribution in [0, 0.1) is 0 Å². The van der Waals surface area contributed by atoms with E-state index in [0.29, 0.717) is 12.2 Å². The Morgan fingerprint density at radius 1 is 1.38 bits per heavy atom. The molecule has 0 spiro atoms.